The Morgan fingerprint density at radius 1 is 1.40 bits per heavy atom. The van der Waals surface area contributed by atoms with Crippen molar-refractivity contribution in [2.24, 2.45) is 0 Å². The van der Waals surface area contributed by atoms with Gasteiger partial charge in [-0.2, -0.15) is 0 Å². The number of H-pyrrole nitrogens is 1. The first-order valence-electron chi connectivity index (χ1n) is 9.15. The highest BCUT2D eigenvalue weighted by Gasteiger charge is 2.40. The molecule has 1 unspecified atom stereocenters. The summed E-state index contributed by atoms with van der Waals surface area (Å²) in [5, 5.41) is 9.72. The number of aliphatic hydroxyl groups excluding tert-OH is 1. The first-order chi connectivity index (χ1) is 14.4. The molecule has 5 rings (SSSR count). The van der Waals surface area contributed by atoms with Crippen molar-refractivity contribution >= 4 is 32.9 Å². The summed E-state index contributed by atoms with van der Waals surface area (Å²) in [7, 11) is 0. The smallest absolute Gasteiger partial charge is 0.293 e. The standard InChI is InChI=1S/C19H15BrFN5O4/c1-8(27)17-25-16(20)15(30-17)19(28)26-5-4-10-13(23-7-22-10)14(26)18-24-11-6-9(21)2-3-12(11)29-18/h2-3,6-8,14,27H,4-5H2,1H3,(H,22,23)/t8?,14-/m0/s1. The van der Waals surface area contributed by atoms with Crippen LogP contribution in [0.25, 0.3) is 11.1 Å². The van der Waals surface area contributed by atoms with Crippen LogP contribution in [0.15, 0.2) is 38.0 Å². The Balaban J connectivity index is 1.60. The van der Waals surface area contributed by atoms with Crippen LogP contribution in [0.3, 0.4) is 0 Å². The molecule has 4 aromatic rings. The number of nitrogens with one attached hydrogen (secondary N) is 1. The number of oxazole rings is 2. The molecule has 0 fully saturated rings. The topological polar surface area (TPSA) is 121 Å². The Morgan fingerprint density at radius 3 is 3.00 bits per heavy atom. The molecule has 0 radical (unpaired) electrons. The summed E-state index contributed by atoms with van der Waals surface area (Å²) >= 11 is 3.22. The minimum absolute atomic E-state index is 0.0246. The van der Waals surface area contributed by atoms with Crippen molar-refractivity contribution in [1.82, 2.24) is 24.8 Å². The summed E-state index contributed by atoms with van der Waals surface area (Å²) in [6.45, 7) is 1.83. The summed E-state index contributed by atoms with van der Waals surface area (Å²) in [6, 6.07) is 3.30. The molecule has 30 heavy (non-hydrogen) atoms. The molecule has 0 saturated heterocycles. The second-order valence-corrected chi connectivity index (χ2v) is 7.68. The number of aliphatic hydroxyl groups is 1. The molecule has 0 aliphatic carbocycles. The summed E-state index contributed by atoms with van der Waals surface area (Å²) in [5.74, 6) is -0.707. The maximum absolute atomic E-state index is 13.6. The molecule has 2 atom stereocenters. The number of aromatic amines is 1. The number of imidazole rings is 1. The van der Waals surface area contributed by atoms with E-state index in [0.717, 1.165) is 5.69 Å². The average molecular weight is 476 g/mol. The molecule has 154 valence electrons. The minimum atomic E-state index is -0.968. The predicted octanol–water partition coefficient (Wildman–Crippen LogP) is 3.28. The third-order valence-corrected chi connectivity index (χ3v) is 5.48. The third-order valence-electron chi connectivity index (χ3n) is 4.94. The monoisotopic (exact) mass is 475 g/mol. The van der Waals surface area contributed by atoms with Crippen molar-refractivity contribution in [3.05, 3.63) is 63.9 Å². The van der Waals surface area contributed by atoms with Gasteiger partial charge in [0.25, 0.3) is 5.91 Å². The van der Waals surface area contributed by atoms with Gasteiger partial charge in [-0.25, -0.2) is 19.3 Å². The lowest BCUT2D eigenvalue weighted by atomic mass is 10.0. The average Bonchev–Trinajstić information content (AvgIpc) is 3.43. The van der Waals surface area contributed by atoms with Crippen molar-refractivity contribution in [1.29, 1.82) is 0 Å². The van der Waals surface area contributed by atoms with Gasteiger partial charge in [0.15, 0.2) is 16.2 Å². The highest BCUT2D eigenvalue weighted by Crippen LogP contribution is 2.36. The molecule has 1 aromatic carbocycles. The van der Waals surface area contributed by atoms with Crippen molar-refractivity contribution in [2.75, 3.05) is 6.54 Å². The molecule has 1 aliphatic heterocycles. The second-order valence-electron chi connectivity index (χ2n) is 6.93. The van der Waals surface area contributed by atoms with Crippen molar-refractivity contribution in [3.8, 4) is 0 Å². The number of nitrogens with zero attached hydrogens (tertiary/aromatic N) is 4. The summed E-state index contributed by atoms with van der Waals surface area (Å²) in [5.41, 5.74) is 2.20. The van der Waals surface area contributed by atoms with Crippen LogP contribution in [0.4, 0.5) is 4.39 Å². The van der Waals surface area contributed by atoms with Crippen molar-refractivity contribution in [3.63, 3.8) is 0 Å². The van der Waals surface area contributed by atoms with E-state index in [4.69, 9.17) is 8.83 Å². The molecule has 11 heteroatoms. The van der Waals surface area contributed by atoms with Gasteiger partial charge in [-0.1, -0.05) is 0 Å². The Morgan fingerprint density at radius 2 is 2.23 bits per heavy atom. The lowest BCUT2D eigenvalue weighted by molar-refractivity contribution is 0.0625. The van der Waals surface area contributed by atoms with Gasteiger partial charge in [0.1, 0.15) is 17.4 Å². The lowest BCUT2D eigenvalue weighted by Crippen LogP contribution is -2.41. The normalized spacial score (nSPS) is 17.3. The van der Waals surface area contributed by atoms with Crippen LogP contribution in [-0.4, -0.2) is 42.4 Å². The van der Waals surface area contributed by atoms with E-state index >= 15 is 0 Å². The number of hydrogen-bond donors (Lipinski definition) is 2. The number of aromatic nitrogens is 4. The Hall–Kier alpha value is -3.05. The zero-order valence-electron chi connectivity index (χ0n) is 15.6. The van der Waals surface area contributed by atoms with Gasteiger partial charge in [0.05, 0.1) is 12.0 Å². The number of amides is 1. The minimum Gasteiger partial charge on any atom is -0.438 e. The SMILES string of the molecule is CC(O)c1nc(Br)c(C(=O)N2CCc3[nH]cnc3[C@H]2c2nc3cc(F)ccc3o2)o1. The Kier molecular flexibility index (Phi) is 4.44. The largest absolute Gasteiger partial charge is 0.438 e. The fourth-order valence-corrected chi connectivity index (χ4v) is 3.96. The van der Waals surface area contributed by atoms with E-state index in [1.54, 1.807) is 6.33 Å². The molecular weight excluding hydrogens is 461 g/mol. The number of benzene rings is 1. The van der Waals surface area contributed by atoms with E-state index in [9.17, 15) is 14.3 Å². The highest BCUT2D eigenvalue weighted by molar-refractivity contribution is 9.10. The van der Waals surface area contributed by atoms with Crippen LogP contribution in [-0.2, 0) is 6.42 Å². The molecule has 2 N–H and O–H groups in total. The van der Waals surface area contributed by atoms with Crippen LogP contribution >= 0.6 is 15.9 Å². The molecule has 1 aliphatic rings. The molecule has 3 aromatic heterocycles. The van der Waals surface area contributed by atoms with Gasteiger partial charge in [-0.05, 0) is 35.0 Å². The van der Waals surface area contributed by atoms with Crippen LogP contribution in [0.5, 0.6) is 0 Å². The van der Waals surface area contributed by atoms with E-state index in [1.165, 1.54) is 30.0 Å². The van der Waals surface area contributed by atoms with Crippen LogP contribution in [0.1, 0.15) is 52.8 Å². The highest BCUT2D eigenvalue weighted by atomic mass is 79.9. The van der Waals surface area contributed by atoms with Gasteiger partial charge in [-0.15, -0.1) is 0 Å². The van der Waals surface area contributed by atoms with Crippen LogP contribution in [0, 0.1) is 5.82 Å². The molecule has 0 bridgehead atoms. The predicted molar refractivity (Wildman–Crippen MR) is 104 cm³/mol. The summed E-state index contributed by atoms with van der Waals surface area (Å²) in [6.07, 6.45) is 1.12. The number of carbonyl (C=O) groups excluding carboxylic acids is 1. The van der Waals surface area contributed by atoms with Crippen LogP contribution in [0.2, 0.25) is 0 Å². The third kappa shape index (κ3) is 3.01. The summed E-state index contributed by atoms with van der Waals surface area (Å²) in [4.78, 5) is 30.8. The maximum Gasteiger partial charge on any atom is 0.293 e. The molecule has 4 heterocycles. The number of rotatable bonds is 3. The fourth-order valence-electron chi connectivity index (χ4n) is 3.54. The van der Waals surface area contributed by atoms with E-state index in [1.807, 2.05) is 0 Å². The van der Waals surface area contributed by atoms with Crippen LogP contribution < -0.4 is 0 Å². The van der Waals surface area contributed by atoms with E-state index in [0.29, 0.717) is 29.8 Å². The zero-order valence-corrected chi connectivity index (χ0v) is 17.2. The van der Waals surface area contributed by atoms with Gasteiger partial charge in [0.2, 0.25) is 17.5 Å². The van der Waals surface area contributed by atoms with Gasteiger partial charge >= 0.3 is 0 Å². The number of halogens is 2. The second kappa shape index (κ2) is 7.03. The van der Waals surface area contributed by atoms with E-state index < -0.39 is 23.9 Å². The van der Waals surface area contributed by atoms with Crippen molar-refractivity contribution < 1.29 is 23.1 Å². The van der Waals surface area contributed by atoms with Gasteiger partial charge in [-0.3, -0.25) is 4.79 Å². The Bertz CT molecular complexity index is 1260. The fraction of sp³-hybridized carbons (Fsp3) is 0.263. The first kappa shape index (κ1) is 18.9. The molecule has 0 saturated carbocycles. The zero-order chi connectivity index (χ0) is 21.0. The lowest BCUT2D eigenvalue weighted by Gasteiger charge is -2.32. The summed E-state index contributed by atoms with van der Waals surface area (Å²) < 4.78 is 25.1. The number of fused-ring (bicyclic) bond motifs is 2. The molecular formula is C19H15BrFN5O4. The van der Waals surface area contributed by atoms with Crippen molar-refractivity contribution in [2.45, 2.75) is 25.5 Å². The number of carbonyl (C=O) groups is 1. The van der Waals surface area contributed by atoms with E-state index in [-0.39, 0.29) is 22.1 Å². The molecule has 9 nitrogen and oxygen atoms in total. The van der Waals surface area contributed by atoms with E-state index in [2.05, 4.69) is 35.9 Å². The Labute approximate surface area is 177 Å². The molecule has 0 spiro atoms. The maximum atomic E-state index is 13.6. The molecule has 1 amide bonds. The quantitative estimate of drug-likeness (QED) is 0.466. The number of hydrogen-bond acceptors (Lipinski definition) is 7. The first-order valence-corrected chi connectivity index (χ1v) is 9.95. The van der Waals surface area contributed by atoms with Gasteiger partial charge < -0.3 is 23.8 Å². The van der Waals surface area contributed by atoms with Gasteiger partial charge in [0, 0.05) is 24.7 Å².